The lowest BCUT2D eigenvalue weighted by Gasteiger charge is -2.11. The SMILES string of the molecule is C=CCNC(=O)CCNc1ccccc1OCC. The van der Waals surface area contributed by atoms with Gasteiger partial charge in [-0.2, -0.15) is 0 Å². The third-order valence-electron chi connectivity index (χ3n) is 2.30. The first-order valence-electron chi connectivity index (χ1n) is 6.11. The zero-order valence-corrected chi connectivity index (χ0v) is 10.7. The summed E-state index contributed by atoms with van der Waals surface area (Å²) in [5, 5.41) is 5.92. The molecule has 1 amide bonds. The normalized spacial score (nSPS) is 9.61. The number of carbonyl (C=O) groups excluding carboxylic acids is 1. The van der Waals surface area contributed by atoms with Gasteiger partial charge in [0.15, 0.2) is 0 Å². The minimum atomic E-state index is 0.0105. The molecule has 4 heteroatoms. The number of anilines is 1. The highest BCUT2D eigenvalue weighted by atomic mass is 16.5. The highest BCUT2D eigenvalue weighted by Gasteiger charge is 2.03. The van der Waals surface area contributed by atoms with Crippen LogP contribution in [0.1, 0.15) is 13.3 Å². The molecule has 2 N–H and O–H groups in total. The van der Waals surface area contributed by atoms with E-state index in [9.17, 15) is 4.79 Å². The summed E-state index contributed by atoms with van der Waals surface area (Å²) in [6, 6.07) is 7.70. The molecule has 0 saturated carbocycles. The fourth-order valence-corrected chi connectivity index (χ4v) is 1.48. The first-order chi connectivity index (χ1) is 8.77. The molecule has 0 fully saturated rings. The molecule has 0 unspecified atom stereocenters. The van der Waals surface area contributed by atoms with Crippen molar-refractivity contribution >= 4 is 11.6 Å². The van der Waals surface area contributed by atoms with Crippen molar-refractivity contribution in [1.82, 2.24) is 5.32 Å². The second-order valence-corrected chi connectivity index (χ2v) is 3.70. The van der Waals surface area contributed by atoms with E-state index < -0.39 is 0 Å². The van der Waals surface area contributed by atoms with Gasteiger partial charge in [-0.3, -0.25) is 4.79 Å². The molecule has 0 aliphatic heterocycles. The molecule has 1 aromatic carbocycles. The average molecular weight is 248 g/mol. The van der Waals surface area contributed by atoms with Crippen LogP contribution in [0.2, 0.25) is 0 Å². The first-order valence-corrected chi connectivity index (χ1v) is 6.11. The van der Waals surface area contributed by atoms with Gasteiger partial charge in [-0.05, 0) is 19.1 Å². The van der Waals surface area contributed by atoms with Crippen LogP contribution in [-0.2, 0) is 4.79 Å². The van der Waals surface area contributed by atoms with Gasteiger partial charge in [0.2, 0.25) is 5.91 Å². The number of rotatable bonds is 8. The summed E-state index contributed by atoms with van der Waals surface area (Å²) in [6.45, 7) is 7.20. The summed E-state index contributed by atoms with van der Waals surface area (Å²) in [7, 11) is 0. The lowest BCUT2D eigenvalue weighted by Crippen LogP contribution is -2.25. The Hall–Kier alpha value is -1.97. The molecule has 0 radical (unpaired) electrons. The Balaban J connectivity index is 2.38. The summed E-state index contributed by atoms with van der Waals surface area (Å²) in [5.41, 5.74) is 0.913. The van der Waals surface area contributed by atoms with E-state index in [-0.39, 0.29) is 5.91 Å². The standard InChI is InChI=1S/C14H20N2O2/c1-3-10-16-14(17)9-11-15-12-7-5-6-8-13(12)18-4-2/h3,5-8,15H,1,4,9-11H2,2H3,(H,16,17). The smallest absolute Gasteiger partial charge is 0.222 e. The van der Waals surface area contributed by atoms with Gasteiger partial charge in [-0.15, -0.1) is 6.58 Å². The number of hydrogen-bond donors (Lipinski definition) is 2. The van der Waals surface area contributed by atoms with Gasteiger partial charge in [0.25, 0.3) is 0 Å². The van der Waals surface area contributed by atoms with E-state index in [1.165, 1.54) is 0 Å². The van der Waals surface area contributed by atoms with Crippen LogP contribution in [-0.4, -0.2) is 25.6 Å². The van der Waals surface area contributed by atoms with E-state index in [4.69, 9.17) is 4.74 Å². The zero-order chi connectivity index (χ0) is 13.2. The van der Waals surface area contributed by atoms with Crippen molar-refractivity contribution in [2.75, 3.05) is 25.0 Å². The summed E-state index contributed by atoms with van der Waals surface area (Å²) in [5.74, 6) is 0.822. The number of para-hydroxylation sites is 2. The fraction of sp³-hybridized carbons (Fsp3) is 0.357. The summed E-state index contributed by atoms with van der Waals surface area (Å²) >= 11 is 0. The predicted octanol–water partition coefficient (Wildman–Crippen LogP) is 2.19. The largest absolute Gasteiger partial charge is 0.492 e. The van der Waals surface area contributed by atoms with E-state index in [1.807, 2.05) is 31.2 Å². The van der Waals surface area contributed by atoms with E-state index in [0.29, 0.717) is 26.1 Å². The highest BCUT2D eigenvalue weighted by Crippen LogP contribution is 2.23. The number of carbonyl (C=O) groups is 1. The van der Waals surface area contributed by atoms with Crippen LogP contribution in [0.25, 0.3) is 0 Å². The summed E-state index contributed by atoms with van der Waals surface area (Å²) < 4.78 is 5.48. The van der Waals surface area contributed by atoms with Crippen molar-refractivity contribution in [1.29, 1.82) is 0 Å². The van der Waals surface area contributed by atoms with Gasteiger partial charge in [0.1, 0.15) is 5.75 Å². The average Bonchev–Trinajstić information content (AvgIpc) is 2.38. The molecule has 0 atom stereocenters. The molecule has 0 spiro atoms. The highest BCUT2D eigenvalue weighted by molar-refractivity contribution is 5.76. The molecule has 1 aromatic rings. The molecule has 0 saturated heterocycles. The number of amides is 1. The van der Waals surface area contributed by atoms with Gasteiger partial charge >= 0.3 is 0 Å². The molecule has 0 aliphatic carbocycles. The van der Waals surface area contributed by atoms with E-state index in [1.54, 1.807) is 6.08 Å². The quantitative estimate of drug-likeness (QED) is 0.693. The van der Waals surface area contributed by atoms with Crippen molar-refractivity contribution in [3.05, 3.63) is 36.9 Å². The van der Waals surface area contributed by atoms with Crippen molar-refractivity contribution in [3.63, 3.8) is 0 Å². The monoisotopic (exact) mass is 248 g/mol. The maximum Gasteiger partial charge on any atom is 0.222 e. The molecule has 4 nitrogen and oxygen atoms in total. The maximum atomic E-state index is 11.4. The van der Waals surface area contributed by atoms with Crippen LogP contribution in [0.15, 0.2) is 36.9 Å². The van der Waals surface area contributed by atoms with E-state index >= 15 is 0 Å². The Bertz CT molecular complexity index is 391. The van der Waals surface area contributed by atoms with E-state index in [0.717, 1.165) is 11.4 Å². The first kappa shape index (κ1) is 14.1. The van der Waals surface area contributed by atoms with Crippen LogP contribution in [0.3, 0.4) is 0 Å². The minimum absolute atomic E-state index is 0.0105. The molecule has 0 heterocycles. The van der Waals surface area contributed by atoms with Gasteiger partial charge in [0, 0.05) is 19.5 Å². The Morgan fingerprint density at radius 1 is 1.44 bits per heavy atom. The van der Waals surface area contributed by atoms with Crippen molar-refractivity contribution in [3.8, 4) is 5.75 Å². The predicted molar refractivity (Wildman–Crippen MR) is 73.9 cm³/mol. The molecule has 0 aliphatic rings. The lowest BCUT2D eigenvalue weighted by atomic mass is 10.3. The second kappa shape index (κ2) is 8.17. The topological polar surface area (TPSA) is 50.4 Å². The minimum Gasteiger partial charge on any atom is -0.492 e. The van der Waals surface area contributed by atoms with Crippen molar-refractivity contribution in [2.45, 2.75) is 13.3 Å². The molecular weight excluding hydrogens is 228 g/mol. The second-order valence-electron chi connectivity index (χ2n) is 3.70. The van der Waals surface area contributed by atoms with Gasteiger partial charge in [0.05, 0.1) is 12.3 Å². The van der Waals surface area contributed by atoms with Crippen LogP contribution in [0.4, 0.5) is 5.69 Å². The van der Waals surface area contributed by atoms with Crippen molar-refractivity contribution < 1.29 is 9.53 Å². The summed E-state index contributed by atoms with van der Waals surface area (Å²) in [4.78, 5) is 11.4. The molecule has 1 rings (SSSR count). The Morgan fingerprint density at radius 3 is 2.94 bits per heavy atom. The zero-order valence-electron chi connectivity index (χ0n) is 10.7. The van der Waals surface area contributed by atoms with Crippen LogP contribution >= 0.6 is 0 Å². The summed E-state index contributed by atoms with van der Waals surface area (Å²) in [6.07, 6.45) is 2.09. The van der Waals surface area contributed by atoms with Crippen LogP contribution in [0.5, 0.6) is 5.75 Å². The molecule has 98 valence electrons. The fourth-order valence-electron chi connectivity index (χ4n) is 1.48. The Labute approximate surface area is 108 Å². The van der Waals surface area contributed by atoms with Crippen LogP contribution < -0.4 is 15.4 Å². The maximum absolute atomic E-state index is 11.4. The number of ether oxygens (including phenoxy) is 1. The Morgan fingerprint density at radius 2 is 2.22 bits per heavy atom. The van der Waals surface area contributed by atoms with E-state index in [2.05, 4.69) is 17.2 Å². The Kier molecular flexibility index (Phi) is 6.40. The number of hydrogen-bond acceptors (Lipinski definition) is 3. The molecular formula is C14H20N2O2. The molecule has 18 heavy (non-hydrogen) atoms. The number of nitrogens with one attached hydrogen (secondary N) is 2. The van der Waals surface area contributed by atoms with Crippen LogP contribution in [0, 0.1) is 0 Å². The van der Waals surface area contributed by atoms with Gasteiger partial charge < -0.3 is 15.4 Å². The third kappa shape index (κ3) is 4.91. The van der Waals surface area contributed by atoms with Gasteiger partial charge in [-0.1, -0.05) is 18.2 Å². The van der Waals surface area contributed by atoms with Crippen molar-refractivity contribution in [2.24, 2.45) is 0 Å². The van der Waals surface area contributed by atoms with Gasteiger partial charge in [-0.25, -0.2) is 0 Å². The lowest BCUT2D eigenvalue weighted by molar-refractivity contribution is -0.120. The third-order valence-corrected chi connectivity index (χ3v) is 2.30. The molecule has 0 bridgehead atoms. The number of benzene rings is 1. The molecule has 0 aromatic heterocycles.